The van der Waals surface area contributed by atoms with Crippen LogP contribution in [0.5, 0.6) is 0 Å². The molecule has 1 aromatic carbocycles. The molecule has 15 heavy (non-hydrogen) atoms. The van der Waals surface area contributed by atoms with E-state index < -0.39 is 0 Å². The molecule has 74 valence electrons. The number of fused-ring (bicyclic) bond motifs is 1. The maximum atomic E-state index is 4.82. The fourth-order valence-corrected chi connectivity index (χ4v) is 1.22. The Bertz CT molecular complexity index is 526. The molecule has 0 N–H and O–H groups in total. The van der Waals surface area contributed by atoms with Crippen LogP contribution >= 0.6 is 0 Å². The van der Waals surface area contributed by atoms with Crippen LogP contribution in [0.1, 0.15) is 5.82 Å². The molecule has 0 fully saturated rings. The molecular weight excluding hydrogens is 188 g/mol. The molecular formula is C12H10N2O. The van der Waals surface area contributed by atoms with Gasteiger partial charge in [-0.05, 0) is 12.0 Å². The first-order chi connectivity index (χ1) is 7.40. The van der Waals surface area contributed by atoms with Crippen molar-refractivity contribution in [3.63, 3.8) is 0 Å². The van der Waals surface area contributed by atoms with Gasteiger partial charge < -0.3 is 4.74 Å². The lowest BCUT2D eigenvalue weighted by Crippen LogP contribution is -1.90. The summed E-state index contributed by atoms with van der Waals surface area (Å²) in [5, 5.41) is 1.02. The monoisotopic (exact) mass is 198 g/mol. The van der Waals surface area contributed by atoms with Crippen LogP contribution in [-0.2, 0) is 4.74 Å². The van der Waals surface area contributed by atoms with Gasteiger partial charge in [0.25, 0.3) is 0 Å². The maximum absolute atomic E-state index is 4.82. The van der Waals surface area contributed by atoms with Crippen LogP contribution in [0.25, 0.3) is 10.9 Å². The lowest BCUT2D eigenvalue weighted by atomic mass is 10.2. The highest BCUT2D eigenvalue weighted by Crippen LogP contribution is 2.08. The van der Waals surface area contributed by atoms with Crippen molar-refractivity contribution in [3.8, 4) is 11.8 Å². The van der Waals surface area contributed by atoms with Gasteiger partial charge in [0.15, 0.2) is 0 Å². The molecule has 0 amide bonds. The number of benzene rings is 1. The summed E-state index contributed by atoms with van der Waals surface area (Å²) in [6.45, 7) is 0.399. The molecule has 1 aromatic heterocycles. The maximum Gasteiger partial charge on any atom is 0.205 e. The largest absolute Gasteiger partial charge is 0.372 e. The SMILES string of the molecule is COCC#Cc1ncc2ccccc2n1. The normalized spacial score (nSPS) is 9.67. The second-order valence-corrected chi connectivity index (χ2v) is 2.99. The molecule has 0 aliphatic heterocycles. The Morgan fingerprint density at radius 3 is 3.07 bits per heavy atom. The summed E-state index contributed by atoms with van der Waals surface area (Å²) >= 11 is 0. The van der Waals surface area contributed by atoms with Crippen molar-refractivity contribution in [1.82, 2.24) is 9.97 Å². The zero-order valence-electron chi connectivity index (χ0n) is 8.40. The number of ether oxygens (including phenoxy) is 1. The molecule has 1 heterocycles. The molecule has 0 spiro atoms. The van der Waals surface area contributed by atoms with Gasteiger partial charge in [0, 0.05) is 18.7 Å². The van der Waals surface area contributed by atoms with Crippen LogP contribution in [0.2, 0.25) is 0 Å². The van der Waals surface area contributed by atoms with E-state index in [4.69, 9.17) is 4.74 Å². The van der Waals surface area contributed by atoms with Gasteiger partial charge in [-0.1, -0.05) is 24.1 Å². The molecule has 2 aromatic rings. The predicted octanol–water partition coefficient (Wildman–Crippen LogP) is 1.63. The van der Waals surface area contributed by atoms with Gasteiger partial charge in [-0.25, -0.2) is 9.97 Å². The van der Waals surface area contributed by atoms with Gasteiger partial charge in [-0.2, -0.15) is 0 Å². The molecule has 2 rings (SSSR count). The first kappa shape index (κ1) is 9.63. The van der Waals surface area contributed by atoms with Crippen LogP contribution in [0.4, 0.5) is 0 Å². The summed E-state index contributed by atoms with van der Waals surface area (Å²) in [5.74, 6) is 6.19. The average molecular weight is 198 g/mol. The molecule has 0 unspecified atom stereocenters. The van der Waals surface area contributed by atoms with Crippen molar-refractivity contribution in [1.29, 1.82) is 0 Å². The zero-order chi connectivity index (χ0) is 10.5. The summed E-state index contributed by atoms with van der Waals surface area (Å²) in [6.07, 6.45) is 1.78. The van der Waals surface area contributed by atoms with Gasteiger partial charge in [0.1, 0.15) is 6.61 Å². The number of rotatable bonds is 1. The first-order valence-corrected chi connectivity index (χ1v) is 4.60. The van der Waals surface area contributed by atoms with E-state index in [-0.39, 0.29) is 0 Å². The van der Waals surface area contributed by atoms with Crippen LogP contribution in [0, 0.1) is 11.8 Å². The molecule has 0 saturated heterocycles. The van der Waals surface area contributed by atoms with Crippen LogP contribution in [0.15, 0.2) is 30.5 Å². The molecule has 3 nitrogen and oxygen atoms in total. The van der Waals surface area contributed by atoms with Crippen molar-refractivity contribution in [2.24, 2.45) is 0 Å². The van der Waals surface area contributed by atoms with Crippen molar-refractivity contribution < 1.29 is 4.74 Å². The van der Waals surface area contributed by atoms with E-state index in [1.54, 1.807) is 13.3 Å². The summed E-state index contributed by atoms with van der Waals surface area (Å²) in [4.78, 5) is 8.45. The van der Waals surface area contributed by atoms with Crippen molar-refractivity contribution in [2.75, 3.05) is 13.7 Å². The molecule has 0 atom stereocenters. The highest BCUT2D eigenvalue weighted by molar-refractivity contribution is 5.77. The smallest absolute Gasteiger partial charge is 0.205 e. The molecule has 3 heteroatoms. The van der Waals surface area contributed by atoms with E-state index in [1.165, 1.54) is 0 Å². The Labute approximate surface area is 88.1 Å². The first-order valence-electron chi connectivity index (χ1n) is 4.60. The Hall–Kier alpha value is -1.92. The lowest BCUT2D eigenvalue weighted by molar-refractivity contribution is 0.240. The van der Waals surface area contributed by atoms with Crippen molar-refractivity contribution in [2.45, 2.75) is 0 Å². The molecule has 0 aliphatic rings. The van der Waals surface area contributed by atoms with E-state index in [0.717, 1.165) is 10.9 Å². The zero-order valence-corrected chi connectivity index (χ0v) is 8.40. The molecule has 0 saturated carbocycles. The fraction of sp³-hybridized carbons (Fsp3) is 0.167. The number of hydrogen-bond acceptors (Lipinski definition) is 3. The van der Waals surface area contributed by atoms with E-state index in [2.05, 4.69) is 21.8 Å². The number of hydrogen-bond donors (Lipinski definition) is 0. The van der Waals surface area contributed by atoms with Gasteiger partial charge >= 0.3 is 0 Å². The number of aromatic nitrogens is 2. The second kappa shape index (κ2) is 4.54. The van der Waals surface area contributed by atoms with E-state index in [1.807, 2.05) is 24.3 Å². The van der Waals surface area contributed by atoms with E-state index >= 15 is 0 Å². The van der Waals surface area contributed by atoms with E-state index in [0.29, 0.717) is 12.4 Å². The van der Waals surface area contributed by atoms with E-state index in [9.17, 15) is 0 Å². The topological polar surface area (TPSA) is 35.0 Å². The third-order valence-electron chi connectivity index (χ3n) is 1.91. The van der Waals surface area contributed by atoms with Crippen LogP contribution < -0.4 is 0 Å². The lowest BCUT2D eigenvalue weighted by Gasteiger charge is -1.95. The van der Waals surface area contributed by atoms with Crippen LogP contribution in [0.3, 0.4) is 0 Å². The summed E-state index contributed by atoms with van der Waals surface area (Å²) < 4.78 is 4.82. The Kier molecular flexibility index (Phi) is 2.91. The Morgan fingerprint density at radius 1 is 1.33 bits per heavy atom. The molecule has 0 radical (unpaired) electrons. The van der Waals surface area contributed by atoms with Gasteiger partial charge in [0.2, 0.25) is 5.82 Å². The third-order valence-corrected chi connectivity index (χ3v) is 1.91. The third kappa shape index (κ3) is 2.30. The molecule has 0 aliphatic carbocycles. The van der Waals surface area contributed by atoms with Crippen molar-refractivity contribution >= 4 is 10.9 Å². The highest BCUT2D eigenvalue weighted by Gasteiger charge is 1.94. The van der Waals surface area contributed by atoms with Crippen molar-refractivity contribution in [3.05, 3.63) is 36.3 Å². The van der Waals surface area contributed by atoms with Gasteiger partial charge in [-0.15, -0.1) is 0 Å². The number of para-hydroxylation sites is 1. The molecule has 0 bridgehead atoms. The van der Waals surface area contributed by atoms with Gasteiger partial charge in [0.05, 0.1) is 5.52 Å². The minimum Gasteiger partial charge on any atom is -0.372 e. The fourth-order valence-electron chi connectivity index (χ4n) is 1.22. The standard InChI is InChI=1S/C12H10N2O/c1-15-8-4-7-12-13-9-10-5-2-3-6-11(10)14-12/h2-3,5-6,9H,8H2,1H3. The Balaban J connectivity index is 2.36. The average Bonchev–Trinajstić information content (AvgIpc) is 2.29. The number of methoxy groups -OCH3 is 1. The predicted molar refractivity (Wildman–Crippen MR) is 58.3 cm³/mol. The summed E-state index contributed by atoms with van der Waals surface area (Å²) in [5.41, 5.74) is 0.911. The minimum atomic E-state index is 0.399. The Morgan fingerprint density at radius 2 is 2.20 bits per heavy atom. The minimum absolute atomic E-state index is 0.399. The summed E-state index contributed by atoms with van der Waals surface area (Å²) in [7, 11) is 1.61. The quantitative estimate of drug-likeness (QED) is 0.653. The van der Waals surface area contributed by atoms with Crippen LogP contribution in [-0.4, -0.2) is 23.7 Å². The highest BCUT2D eigenvalue weighted by atomic mass is 16.5. The second-order valence-electron chi connectivity index (χ2n) is 2.99. The van der Waals surface area contributed by atoms with Gasteiger partial charge in [-0.3, -0.25) is 0 Å². The summed E-state index contributed by atoms with van der Waals surface area (Å²) in [6, 6.07) is 7.82. The number of nitrogens with zero attached hydrogens (tertiary/aromatic N) is 2.